The van der Waals surface area contributed by atoms with Gasteiger partial charge in [0.2, 0.25) is 0 Å². The van der Waals surface area contributed by atoms with Gasteiger partial charge in [-0.2, -0.15) is 5.26 Å². The summed E-state index contributed by atoms with van der Waals surface area (Å²) in [5.41, 5.74) is -0.145. The zero-order valence-corrected chi connectivity index (χ0v) is 10.1. The third-order valence-electron chi connectivity index (χ3n) is 2.23. The standard InChI is InChI=1S/C12H12ClFN2O/c1-2-4-8(7-15)16-12(17)9-5-3-6-10(13)11(9)14/h3,5-6,8H,2,4H2,1H3,(H,16,17). The van der Waals surface area contributed by atoms with Crippen molar-refractivity contribution in [1.29, 1.82) is 5.26 Å². The highest BCUT2D eigenvalue weighted by Crippen LogP contribution is 2.17. The fraction of sp³-hybridized carbons (Fsp3) is 0.333. The van der Waals surface area contributed by atoms with Crippen LogP contribution in [0.3, 0.4) is 0 Å². The second-order valence-electron chi connectivity index (χ2n) is 3.55. The average Bonchev–Trinajstić information content (AvgIpc) is 2.31. The summed E-state index contributed by atoms with van der Waals surface area (Å²) in [5, 5.41) is 11.1. The molecule has 0 heterocycles. The summed E-state index contributed by atoms with van der Waals surface area (Å²) in [6.45, 7) is 1.90. The van der Waals surface area contributed by atoms with Crippen molar-refractivity contribution >= 4 is 17.5 Å². The molecular weight excluding hydrogens is 243 g/mol. The van der Waals surface area contributed by atoms with Gasteiger partial charge in [0.05, 0.1) is 16.7 Å². The fourth-order valence-corrected chi connectivity index (χ4v) is 1.55. The van der Waals surface area contributed by atoms with E-state index in [1.54, 1.807) is 0 Å². The van der Waals surface area contributed by atoms with Crippen LogP contribution in [0.2, 0.25) is 5.02 Å². The molecule has 1 aromatic rings. The van der Waals surface area contributed by atoms with Crippen LogP contribution < -0.4 is 5.32 Å². The molecule has 1 rings (SSSR count). The maximum absolute atomic E-state index is 13.5. The third-order valence-corrected chi connectivity index (χ3v) is 2.53. The predicted molar refractivity (Wildman–Crippen MR) is 63.2 cm³/mol. The summed E-state index contributed by atoms with van der Waals surface area (Å²) in [6, 6.07) is 5.53. The molecule has 0 saturated heterocycles. The molecule has 3 nitrogen and oxygen atoms in total. The van der Waals surface area contributed by atoms with Crippen LogP contribution in [0.25, 0.3) is 0 Å². The minimum absolute atomic E-state index is 0.110. The number of nitriles is 1. The minimum Gasteiger partial charge on any atom is -0.336 e. The highest BCUT2D eigenvalue weighted by atomic mass is 35.5. The van der Waals surface area contributed by atoms with Crippen molar-refractivity contribution in [1.82, 2.24) is 5.32 Å². The Kier molecular flexibility index (Phi) is 4.92. The second kappa shape index (κ2) is 6.21. The lowest BCUT2D eigenvalue weighted by molar-refractivity contribution is 0.0940. The predicted octanol–water partition coefficient (Wildman–Crippen LogP) is 2.90. The lowest BCUT2D eigenvalue weighted by atomic mass is 10.1. The van der Waals surface area contributed by atoms with Crippen LogP contribution in [0.5, 0.6) is 0 Å². The summed E-state index contributed by atoms with van der Waals surface area (Å²) in [5.74, 6) is -1.38. The molecule has 0 bridgehead atoms. The van der Waals surface area contributed by atoms with Gasteiger partial charge in [-0.25, -0.2) is 4.39 Å². The fourth-order valence-electron chi connectivity index (χ4n) is 1.37. The summed E-state index contributed by atoms with van der Waals surface area (Å²) in [7, 11) is 0. The van der Waals surface area contributed by atoms with Crippen molar-refractivity contribution in [3.05, 3.63) is 34.6 Å². The number of halogens is 2. The van der Waals surface area contributed by atoms with Crippen molar-refractivity contribution in [2.45, 2.75) is 25.8 Å². The van der Waals surface area contributed by atoms with Crippen molar-refractivity contribution in [2.24, 2.45) is 0 Å². The molecule has 0 fully saturated rings. The van der Waals surface area contributed by atoms with E-state index in [-0.39, 0.29) is 10.6 Å². The lowest BCUT2D eigenvalue weighted by Crippen LogP contribution is -2.34. The van der Waals surface area contributed by atoms with E-state index in [1.165, 1.54) is 18.2 Å². The van der Waals surface area contributed by atoms with Crippen LogP contribution >= 0.6 is 11.6 Å². The Bertz CT molecular complexity index is 456. The van der Waals surface area contributed by atoms with Gasteiger partial charge in [-0.05, 0) is 18.6 Å². The molecule has 1 amide bonds. The molecular formula is C12H12ClFN2O. The smallest absolute Gasteiger partial charge is 0.255 e. The van der Waals surface area contributed by atoms with E-state index in [1.807, 2.05) is 13.0 Å². The summed E-state index contributed by atoms with van der Waals surface area (Å²) in [6.07, 6.45) is 1.29. The van der Waals surface area contributed by atoms with Crippen LogP contribution in [0.4, 0.5) is 4.39 Å². The van der Waals surface area contributed by atoms with Gasteiger partial charge in [-0.3, -0.25) is 4.79 Å². The van der Waals surface area contributed by atoms with Crippen molar-refractivity contribution in [3.8, 4) is 6.07 Å². The number of hydrogen-bond donors (Lipinski definition) is 1. The Morgan fingerprint density at radius 1 is 1.65 bits per heavy atom. The van der Waals surface area contributed by atoms with Crippen molar-refractivity contribution in [3.63, 3.8) is 0 Å². The van der Waals surface area contributed by atoms with E-state index in [4.69, 9.17) is 16.9 Å². The molecule has 90 valence electrons. The van der Waals surface area contributed by atoms with Gasteiger partial charge in [0.15, 0.2) is 5.82 Å². The summed E-state index contributed by atoms with van der Waals surface area (Å²) in [4.78, 5) is 11.7. The van der Waals surface area contributed by atoms with E-state index in [0.717, 1.165) is 6.42 Å². The highest BCUT2D eigenvalue weighted by Gasteiger charge is 2.17. The zero-order chi connectivity index (χ0) is 12.8. The molecule has 0 aliphatic rings. The maximum Gasteiger partial charge on any atom is 0.255 e. The number of benzene rings is 1. The topological polar surface area (TPSA) is 52.9 Å². The summed E-state index contributed by atoms with van der Waals surface area (Å²) < 4.78 is 13.5. The first-order valence-electron chi connectivity index (χ1n) is 5.24. The number of nitrogens with zero attached hydrogens (tertiary/aromatic N) is 1. The lowest BCUT2D eigenvalue weighted by Gasteiger charge is -2.11. The number of rotatable bonds is 4. The Hall–Kier alpha value is -1.60. The third kappa shape index (κ3) is 3.43. The second-order valence-corrected chi connectivity index (χ2v) is 3.95. The maximum atomic E-state index is 13.5. The molecule has 0 aliphatic heterocycles. The van der Waals surface area contributed by atoms with Gasteiger partial charge in [0.1, 0.15) is 6.04 Å². The van der Waals surface area contributed by atoms with E-state index in [9.17, 15) is 9.18 Å². The van der Waals surface area contributed by atoms with Gasteiger partial charge < -0.3 is 5.32 Å². The molecule has 0 spiro atoms. The molecule has 1 N–H and O–H groups in total. The molecule has 5 heteroatoms. The van der Waals surface area contributed by atoms with Gasteiger partial charge in [0, 0.05) is 0 Å². The molecule has 1 aromatic carbocycles. The first kappa shape index (κ1) is 13.5. The van der Waals surface area contributed by atoms with E-state index >= 15 is 0 Å². The van der Waals surface area contributed by atoms with Crippen LogP contribution in [0, 0.1) is 17.1 Å². The number of hydrogen-bond acceptors (Lipinski definition) is 2. The Labute approximate surface area is 104 Å². The quantitative estimate of drug-likeness (QED) is 0.898. The van der Waals surface area contributed by atoms with Crippen LogP contribution in [0.1, 0.15) is 30.1 Å². The van der Waals surface area contributed by atoms with Crippen molar-refractivity contribution in [2.75, 3.05) is 0 Å². The monoisotopic (exact) mass is 254 g/mol. The van der Waals surface area contributed by atoms with E-state index in [0.29, 0.717) is 6.42 Å². The minimum atomic E-state index is -0.764. The van der Waals surface area contributed by atoms with E-state index < -0.39 is 17.8 Å². The highest BCUT2D eigenvalue weighted by molar-refractivity contribution is 6.31. The molecule has 0 radical (unpaired) electrons. The van der Waals surface area contributed by atoms with Crippen LogP contribution in [0.15, 0.2) is 18.2 Å². The zero-order valence-electron chi connectivity index (χ0n) is 9.34. The average molecular weight is 255 g/mol. The number of amides is 1. The van der Waals surface area contributed by atoms with Gasteiger partial charge in [-0.1, -0.05) is 31.0 Å². The molecule has 0 saturated carbocycles. The molecule has 0 aromatic heterocycles. The first-order chi connectivity index (χ1) is 8.10. The SMILES string of the molecule is CCCC(C#N)NC(=O)c1cccc(Cl)c1F. The van der Waals surface area contributed by atoms with Crippen LogP contribution in [-0.2, 0) is 0 Å². The Morgan fingerprint density at radius 2 is 2.35 bits per heavy atom. The Balaban J connectivity index is 2.83. The molecule has 17 heavy (non-hydrogen) atoms. The number of nitrogens with one attached hydrogen (secondary N) is 1. The first-order valence-corrected chi connectivity index (χ1v) is 5.62. The number of carbonyl (C=O) groups is 1. The largest absolute Gasteiger partial charge is 0.336 e. The van der Waals surface area contributed by atoms with E-state index in [2.05, 4.69) is 5.32 Å². The Morgan fingerprint density at radius 3 is 2.94 bits per heavy atom. The van der Waals surface area contributed by atoms with Gasteiger partial charge >= 0.3 is 0 Å². The van der Waals surface area contributed by atoms with Gasteiger partial charge in [0.25, 0.3) is 5.91 Å². The molecule has 1 atom stereocenters. The summed E-state index contributed by atoms with van der Waals surface area (Å²) >= 11 is 5.57. The van der Waals surface area contributed by atoms with Crippen LogP contribution in [-0.4, -0.2) is 11.9 Å². The normalized spacial score (nSPS) is 11.6. The van der Waals surface area contributed by atoms with Gasteiger partial charge in [-0.15, -0.1) is 0 Å². The molecule has 0 aliphatic carbocycles. The number of carbonyl (C=O) groups excluding carboxylic acids is 1. The van der Waals surface area contributed by atoms with Crippen molar-refractivity contribution < 1.29 is 9.18 Å². The molecule has 1 unspecified atom stereocenters.